The molecule has 5 heteroatoms. The second kappa shape index (κ2) is 10.1. The van der Waals surface area contributed by atoms with E-state index in [-0.39, 0.29) is 5.91 Å². The predicted molar refractivity (Wildman–Crippen MR) is 103 cm³/mol. The van der Waals surface area contributed by atoms with Crippen molar-refractivity contribution in [1.82, 2.24) is 5.32 Å². The maximum atomic E-state index is 12.1. The maximum Gasteiger partial charge on any atom is 0.260 e. The summed E-state index contributed by atoms with van der Waals surface area (Å²) in [7, 11) is 0. The van der Waals surface area contributed by atoms with E-state index in [1.54, 1.807) is 6.92 Å². The summed E-state index contributed by atoms with van der Waals surface area (Å²) in [5, 5.41) is 2.92. The van der Waals surface area contributed by atoms with E-state index in [2.05, 4.69) is 33.4 Å². The van der Waals surface area contributed by atoms with Gasteiger partial charge in [-0.2, -0.15) is 0 Å². The number of carbonyl (C=O) groups is 1. The standard InChI is InChI=1S/C20H24BrNO3/c1-3-24-18-10-6-16(7-11-18)5-4-14-22-20(23)15(2)25-19-12-8-17(21)9-13-19/h6-13,15H,3-5,14H2,1-2H3,(H,22,23)/t15-/m1/s1. The molecule has 0 saturated heterocycles. The molecule has 0 aliphatic carbocycles. The quantitative estimate of drug-likeness (QED) is 0.630. The average Bonchev–Trinajstić information content (AvgIpc) is 2.62. The van der Waals surface area contributed by atoms with Crippen molar-refractivity contribution in [1.29, 1.82) is 0 Å². The minimum Gasteiger partial charge on any atom is -0.494 e. The first kappa shape index (κ1) is 19.3. The summed E-state index contributed by atoms with van der Waals surface area (Å²) >= 11 is 3.37. The number of hydrogen-bond acceptors (Lipinski definition) is 3. The van der Waals surface area contributed by atoms with Gasteiger partial charge >= 0.3 is 0 Å². The molecule has 4 nitrogen and oxygen atoms in total. The highest BCUT2D eigenvalue weighted by molar-refractivity contribution is 9.10. The normalized spacial score (nSPS) is 11.6. The van der Waals surface area contributed by atoms with Gasteiger partial charge in [0.15, 0.2) is 6.10 Å². The van der Waals surface area contributed by atoms with E-state index in [0.717, 1.165) is 23.1 Å². The summed E-state index contributed by atoms with van der Waals surface area (Å²) in [5.41, 5.74) is 1.23. The molecule has 1 atom stereocenters. The van der Waals surface area contributed by atoms with Crippen molar-refractivity contribution in [2.24, 2.45) is 0 Å². The highest BCUT2D eigenvalue weighted by Crippen LogP contribution is 2.17. The van der Waals surface area contributed by atoms with Crippen LogP contribution in [0.15, 0.2) is 53.0 Å². The second-order valence-electron chi connectivity index (χ2n) is 5.69. The molecule has 0 aromatic heterocycles. The number of ether oxygens (including phenoxy) is 2. The minimum absolute atomic E-state index is 0.102. The van der Waals surface area contributed by atoms with Gasteiger partial charge in [-0.1, -0.05) is 28.1 Å². The zero-order valence-corrected chi connectivity index (χ0v) is 16.2. The van der Waals surface area contributed by atoms with Crippen molar-refractivity contribution >= 4 is 21.8 Å². The monoisotopic (exact) mass is 405 g/mol. The zero-order chi connectivity index (χ0) is 18.1. The van der Waals surface area contributed by atoms with Crippen molar-refractivity contribution in [3.8, 4) is 11.5 Å². The fourth-order valence-corrected chi connectivity index (χ4v) is 2.60. The molecule has 0 unspecified atom stereocenters. The van der Waals surface area contributed by atoms with Gasteiger partial charge in [-0.3, -0.25) is 4.79 Å². The zero-order valence-electron chi connectivity index (χ0n) is 14.6. The van der Waals surface area contributed by atoms with Gasteiger partial charge in [0.25, 0.3) is 5.91 Å². The molecular weight excluding hydrogens is 382 g/mol. The Kier molecular flexibility index (Phi) is 7.79. The van der Waals surface area contributed by atoms with E-state index in [1.165, 1.54) is 5.56 Å². The Morgan fingerprint density at radius 3 is 2.36 bits per heavy atom. The van der Waals surface area contributed by atoms with Crippen LogP contribution in [0, 0.1) is 0 Å². The third-order valence-corrected chi connectivity index (χ3v) is 4.20. The summed E-state index contributed by atoms with van der Waals surface area (Å²) < 4.78 is 12.0. The number of rotatable bonds is 9. The van der Waals surface area contributed by atoms with Gasteiger partial charge < -0.3 is 14.8 Å². The molecule has 0 saturated carbocycles. The predicted octanol–water partition coefficient (Wildman–Crippen LogP) is 4.36. The van der Waals surface area contributed by atoms with Crippen LogP contribution in [-0.2, 0) is 11.2 Å². The van der Waals surface area contributed by atoms with E-state index < -0.39 is 6.10 Å². The highest BCUT2D eigenvalue weighted by atomic mass is 79.9. The maximum absolute atomic E-state index is 12.1. The van der Waals surface area contributed by atoms with Gasteiger partial charge in [0.05, 0.1) is 6.61 Å². The van der Waals surface area contributed by atoms with Crippen LogP contribution in [0.5, 0.6) is 11.5 Å². The summed E-state index contributed by atoms with van der Waals surface area (Å²) in [5.74, 6) is 1.47. The SMILES string of the molecule is CCOc1ccc(CCCNC(=O)[C@@H](C)Oc2ccc(Br)cc2)cc1. The van der Waals surface area contributed by atoms with Crippen molar-refractivity contribution in [2.75, 3.05) is 13.2 Å². The van der Waals surface area contributed by atoms with Gasteiger partial charge in [0.2, 0.25) is 0 Å². The number of amides is 1. The molecule has 0 aliphatic rings. The second-order valence-corrected chi connectivity index (χ2v) is 6.60. The molecule has 1 N–H and O–H groups in total. The number of aryl methyl sites for hydroxylation is 1. The molecule has 0 heterocycles. The van der Waals surface area contributed by atoms with Crippen LogP contribution < -0.4 is 14.8 Å². The minimum atomic E-state index is -0.522. The van der Waals surface area contributed by atoms with Gasteiger partial charge in [-0.15, -0.1) is 0 Å². The average molecular weight is 406 g/mol. The van der Waals surface area contributed by atoms with E-state index >= 15 is 0 Å². The molecule has 134 valence electrons. The molecule has 0 bridgehead atoms. The molecule has 0 fully saturated rings. The van der Waals surface area contributed by atoms with Crippen LogP contribution in [0.3, 0.4) is 0 Å². The largest absolute Gasteiger partial charge is 0.494 e. The molecular formula is C20H24BrNO3. The fraction of sp³-hybridized carbons (Fsp3) is 0.350. The Morgan fingerprint density at radius 2 is 1.72 bits per heavy atom. The van der Waals surface area contributed by atoms with Crippen LogP contribution >= 0.6 is 15.9 Å². The Labute approximate surface area is 157 Å². The lowest BCUT2D eigenvalue weighted by Gasteiger charge is -2.14. The highest BCUT2D eigenvalue weighted by Gasteiger charge is 2.13. The first-order chi connectivity index (χ1) is 12.1. The van der Waals surface area contributed by atoms with Crippen molar-refractivity contribution in [3.05, 3.63) is 58.6 Å². The van der Waals surface area contributed by atoms with Gasteiger partial charge in [-0.25, -0.2) is 0 Å². The lowest BCUT2D eigenvalue weighted by molar-refractivity contribution is -0.127. The molecule has 0 aliphatic heterocycles. The van der Waals surface area contributed by atoms with E-state index in [0.29, 0.717) is 18.9 Å². The Balaban J connectivity index is 1.68. The number of benzene rings is 2. The van der Waals surface area contributed by atoms with Gasteiger partial charge in [-0.05, 0) is 68.7 Å². The molecule has 25 heavy (non-hydrogen) atoms. The van der Waals surface area contributed by atoms with Gasteiger partial charge in [0, 0.05) is 11.0 Å². The fourth-order valence-electron chi connectivity index (χ4n) is 2.34. The summed E-state index contributed by atoms with van der Waals surface area (Å²) in [6.45, 7) is 5.02. The van der Waals surface area contributed by atoms with E-state index in [4.69, 9.17) is 9.47 Å². The molecule has 2 aromatic rings. The Bertz CT molecular complexity index is 656. The van der Waals surface area contributed by atoms with Crippen LogP contribution in [0.4, 0.5) is 0 Å². The third kappa shape index (κ3) is 6.78. The molecule has 2 rings (SSSR count). The number of halogens is 1. The first-order valence-electron chi connectivity index (χ1n) is 8.50. The van der Waals surface area contributed by atoms with Crippen LogP contribution in [0.25, 0.3) is 0 Å². The van der Waals surface area contributed by atoms with Crippen LogP contribution in [0.2, 0.25) is 0 Å². The smallest absolute Gasteiger partial charge is 0.260 e. The van der Waals surface area contributed by atoms with Crippen molar-refractivity contribution < 1.29 is 14.3 Å². The number of carbonyl (C=O) groups excluding carboxylic acids is 1. The van der Waals surface area contributed by atoms with Crippen LogP contribution in [0.1, 0.15) is 25.8 Å². The van der Waals surface area contributed by atoms with Crippen LogP contribution in [-0.4, -0.2) is 25.2 Å². The first-order valence-corrected chi connectivity index (χ1v) is 9.29. The third-order valence-electron chi connectivity index (χ3n) is 3.67. The van der Waals surface area contributed by atoms with E-state index in [9.17, 15) is 4.79 Å². The van der Waals surface area contributed by atoms with E-state index in [1.807, 2.05) is 43.3 Å². The summed E-state index contributed by atoms with van der Waals surface area (Å²) in [6, 6.07) is 15.5. The van der Waals surface area contributed by atoms with Gasteiger partial charge in [0.1, 0.15) is 11.5 Å². The number of hydrogen-bond donors (Lipinski definition) is 1. The molecule has 1 amide bonds. The molecule has 0 radical (unpaired) electrons. The summed E-state index contributed by atoms with van der Waals surface area (Å²) in [4.78, 5) is 12.1. The number of nitrogens with one attached hydrogen (secondary N) is 1. The lowest BCUT2D eigenvalue weighted by atomic mass is 10.1. The van der Waals surface area contributed by atoms with Crippen molar-refractivity contribution in [3.63, 3.8) is 0 Å². The topological polar surface area (TPSA) is 47.6 Å². The molecule has 2 aromatic carbocycles. The Hall–Kier alpha value is -2.01. The molecule has 0 spiro atoms. The lowest BCUT2D eigenvalue weighted by Crippen LogP contribution is -2.36. The summed E-state index contributed by atoms with van der Waals surface area (Å²) in [6.07, 6.45) is 1.27. The van der Waals surface area contributed by atoms with Crippen molar-refractivity contribution in [2.45, 2.75) is 32.8 Å². The Morgan fingerprint density at radius 1 is 1.08 bits per heavy atom.